The van der Waals surface area contributed by atoms with Crippen LogP contribution in [0.2, 0.25) is 0 Å². The Kier molecular flexibility index (Phi) is 3.51. The molecular weight excluding hydrogens is 268 g/mol. The fourth-order valence-corrected chi connectivity index (χ4v) is 2.55. The lowest BCUT2D eigenvalue weighted by Crippen LogP contribution is -2.51. The Morgan fingerprint density at radius 3 is 2.52 bits per heavy atom. The highest BCUT2D eigenvalue weighted by molar-refractivity contribution is 5.92. The Morgan fingerprint density at radius 1 is 1.10 bits per heavy atom. The number of urea groups is 1. The molecule has 1 aliphatic rings. The highest BCUT2D eigenvalue weighted by Gasteiger charge is 2.22. The minimum absolute atomic E-state index is 0.0623. The quantitative estimate of drug-likeness (QED) is 0.840. The van der Waals surface area contributed by atoms with E-state index in [1.54, 1.807) is 16.7 Å². The predicted molar refractivity (Wildman–Crippen MR) is 81.1 cm³/mol. The summed E-state index contributed by atoms with van der Waals surface area (Å²) in [5, 5.41) is 4.02. The van der Waals surface area contributed by atoms with Crippen molar-refractivity contribution in [2.75, 3.05) is 31.5 Å². The van der Waals surface area contributed by atoms with Gasteiger partial charge >= 0.3 is 6.03 Å². The molecular formula is C15H18N4O2. The topological polar surface area (TPSA) is 68.4 Å². The summed E-state index contributed by atoms with van der Waals surface area (Å²) in [6.07, 6.45) is 1.87. The molecule has 1 fully saturated rings. The van der Waals surface area contributed by atoms with Crippen LogP contribution in [0.5, 0.6) is 0 Å². The van der Waals surface area contributed by atoms with Gasteiger partial charge in [-0.25, -0.2) is 4.79 Å². The van der Waals surface area contributed by atoms with Gasteiger partial charge in [-0.1, -0.05) is 6.07 Å². The van der Waals surface area contributed by atoms with E-state index in [1.807, 2.05) is 30.5 Å². The zero-order valence-corrected chi connectivity index (χ0v) is 11.9. The second-order valence-corrected chi connectivity index (χ2v) is 5.20. The molecule has 0 unspecified atom stereocenters. The molecule has 0 aliphatic carbocycles. The molecule has 3 rings (SSSR count). The monoisotopic (exact) mass is 286 g/mol. The van der Waals surface area contributed by atoms with Gasteiger partial charge in [-0.05, 0) is 23.6 Å². The van der Waals surface area contributed by atoms with Gasteiger partial charge < -0.3 is 20.1 Å². The first kappa shape index (κ1) is 13.5. The number of benzene rings is 1. The third kappa shape index (κ3) is 2.84. The van der Waals surface area contributed by atoms with E-state index in [0.717, 1.165) is 16.6 Å². The second kappa shape index (κ2) is 5.47. The third-order valence-corrected chi connectivity index (χ3v) is 3.82. The van der Waals surface area contributed by atoms with Crippen LogP contribution in [0.4, 0.5) is 10.5 Å². The summed E-state index contributed by atoms with van der Waals surface area (Å²) in [6.45, 7) is 3.88. The predicted octanol–water partition coefficient (Wildman–Crippen LogP) is 1.86. The highest BCUT2D eigenvalue weighted by atomic mass is 16.2. The lowest BCUT2D eigenvalue weighted by Gasteiger charge is -2.34. The van der Waals surface area contributed by atoms with Crippen LogP contribution < -0.4 is 5.32 Å². The average molecular weight is 286 g/mol. The van der Waals surface area contributed by atoms with E-state index in [9.17, 15) is 9.59 Å². The van der Waals surface area contributed by atoms with Crippen molar-refractivity contribution in [3.05, 3.63) is 30.5 Å². The van der Waals surface area contributed by atoms with E-state index < -0.39 is 0 Å². The molecule has 0 bridgehead atoms. The molecule has 0 radical (unpaired) electrons. The number of carbonyl (C=O) groups is 2. The molecule has 1 aromatic carbocycles. The molecule has 1 saturated heterocycles. The average Bonchev–Trinajstić information content (AvgIpc) is 2.95. The van der Waals surface area contributed by atoms with E-state index in [1.165, 1.54) is 0 Å². The largest absolute Gasteiger partial charge is 0.361 e. The number of rotatable bonds is 1. The molecule has 0 atom stereocenters. The van der Waals surface area contributed by atoms with Gasteiger partial charge in [0.15, 0.2) is 0 Å². The molecule has 3 amide bonds. The van der Waals surface area contributed by atoms with Crippen molar-refractivity contribution in [1.82, 2.24) is 14.8 Å². The first-order chi connectivity index (χ1) is 10.1. The number of H-pyrrole nitrogens is 1. The Morgan fingerprint density at radius 2 is 1.81 bits per heavy atom. The van der Waals surface area contributed by atoms with Gasteiger partial charge in [0.25, 0.3) is 0 Å². The number of aromatic nitrogens is 1. The molecule has 6 heteroatoms. The van der Waals surface area contributed by atoms with Crippen molar-refractivity contribution < 1.29 is 9.59 Å². The lowest BCUT2D eigenvalue weighted by molar-refractivity contribution is -0.130. The number of nitrogens with zero attached hydrogens (tertiary/aromatic N) is 2. The molecule has 1 aromatic heterocycles. The number of hydrogen-bond donors (Lipinski definition) is 2. The lowest BCUT2D eigenvalue weighted by atomic mass is 10.2. The van der Waals surface area contributed by atoms with Gasteiger partial charge in [0.2, 0.25) is 5.91 Å². The first-order valence-corrected chi connectivity index (χ1v) is 7.02. The minimum atomic E-state index is -0.121. The molecule has 2 aromatic rings. The molecule has 2 N–H and O–H groups in total. The maximum absolute atomic E-state index is 12.2. The van der Waals surface area contributed by atoms with Crippen molar-refractivity contribution in [3.63, 3.8) is 0 Å². The van der Waals surface area contributed by atoms with Crippen molar-refractivity contribution in [2.45, 2.75) is 6.92 Å². The van der Waals surface area contributed by atoms with E-state index in [-0.39, 0.29) is 11.9 Å². The summed E-state index contributed by atoms with van der Waals surface area (Å²) in [4.78, 5) is 30.1. The molecule has 110 valence electrons. The Labute approximate surface area is 122 Å². The number of carbonyl (C=O) groups excluding carboxylic acids is 2. The van der Waals surface area contributed by atoms with Crippen LogP contribution in [0.1, 0.15) is 6.92 Å². The summed E-state index contributed by atoms with van der Waals surface area (Å²) < 4.78 is 0. The van der Waals surface area contributed by atoms with E-state index in [2.05, 4.69) is 10.3 Å². The van der Waals surface area contributed by atoms with Crippen LogP contribution in [0.25, 0.3) is 10.9 Å². The Bertz CT molecular complexity index is 671. The van der Waals surface area contributed by atoms with E-state index in [0.29, 0.717) is 26.2 Å². The molecule has 6 nitrogen and oxygen atoms in total. The van der Waals surface area contributed by atoms with Crippen LogP contribution in [0.3, 0.4) is 0 Å². The van der Waals surface area contributed by atoms with Gasteiger partial charge in [-0.15, -0.1) is 0 Å². The highest BCUT2D eigenvalue weighted by Crippen LogP contribution is 2.18. The number of nitrogens with one attached hydrogen (secondary N) is 2. The normalized spacial score (nSPS) is 15.3. The summed E-state index contributed by atoms with van der Waals surface area (Å²) in [7, 11) is 0. The van der Waals surface area contributed by atoms with E-state index >= 15 is 0 Å². The van der Waals surface area contributed by atoms with Crippen LogP contribution >= 0.6 is 0 Å². The fraction of sp³-hybridized carbons (Fsp3) is 0.333. The number of hydrogen-bond acceptors (Lipinski definition) is 2. The molecule has 21 heavy (non-hydrogen) atoms. The minimum Gasteiger partial charge on any atom is -0.361 e. The van der Waals surface area contributed by atoms with Gasteiger partial charge in [0, 0.05) is 50.5 Å². The van der Waals surface area contributed by atoms with Crippen LogP contribution in [-0.2, 0) is 4.79 Å². The van der Waals surface area contributed by atoms with Crippen molar-refractivity contribution in [3.8, 4) is 0 Å². The molecule has 2 heterocycles. The van der Waals surface area contributed by atoms with Crippen LogP contribution in [0.15, 0.2) is 30.5 Å². The second-order valence-electron chi connectivity index (χ2n) is 5.20. The van der Waals surface area contributed by atoms with Crippen LogP contribution in [-0.4, -0.2) is 52.9 Å². The van der Waals surface area contributed by atoms with Gasteiger partial charge in [0.1, 0.15) is 0 Å². The van der Waals surface area contributed by atoms with Crippen molar-refractivity contribution in [2.24, 2.45) is 0 Å². The number of piperazine rings is 1. The zero-order valence-electron chi connectivity index (χ0n) is 11.9. The molecule has 1 aliphatic heterocycles. The van der Waals surface area contributed by atoms with E-state index in [4.69, 9.17) is 0 Å². The summed E-state index contributed by atoms with van der Waals surface area (Å²) in [6, 6.07) is 7.64. The van der Waals surface area contributed by atoms with Crippen LogP contribution in [0, 0.1) is 0 Å². The van der Waals surface area contributed by atoms with Crippen molar-refractivity contribution >= 4 is 28.5 Å². The number of aromatic amines is 1. The zero-order chi connectivity index (χ0) is 14.8. The smallest absolute Gasteiger partial charge is 0.321 e. The SMILES string of the molecule is CC(=O)N1CCN(C(=O)Nc2ccc3cc[nH]c3c2)CC1. The first-order valence-electron chi connectivity index (χ1n) is 7.02. The number of fused-ring (bicyclic) bond motifs is 1. The number of anilines is 1. The Hall–Kier alpha value is -2.50. The summed E-state index contributed by atoms with van der Waals surface area (Å²) >= 11 is 0. The van der Waals surface area contributed by atoms with Crippen molar-refractivity contribution in [1.29, 1.82) is 0 Å². The fourth-order valence-electron chi connectivity index (χ4n) is 2.55. The third-order valence-electron chi connectivity index (χ3n) is 3.82. The van der Waals surface area contributed by atoms with Gasteiger partial charge in [-0.3, -0.25) is 4.79 Å². The Balaban J connectivity index is 1.62. The summed E-state index contributed by atoms with van der Waals surface area (Å²) in [5.41, 5.74) is 1.76. The summed E-state index contributed by atoms with van der Waals surface area (Å²) in [5.74, 6) is 0.0623. The molecule has 0 spiro atoms. The van der Waals surface area contributed by atoms with Gasteiger partial charge in [-0.2, -0.15) is 0 Å². The van der Waals surface area contributed by atoms with Gasteiger partial charge in [0.05, 0.1) is 0 Å². The maximum Gasteiger partial charge on any atom is 0.321 e. The standard InChI is InChI=1S/C15H18N4O2/c1-11(20)18-6-8-19(9-7-18)15(21)17-13-3-2-12-4-5-16-14(12)10-13/h2-5,10,16H,6-9H2,1H3,(H,17,21). The number of amides is 3. The molecule has 0 saturated carbocycles. The maximum atomic E-state index is 12.2.